The minimum Gasteiger partial charge on any atom is -0.479 e. The Morgan fingerprint density at radius 3 is 1.74 bits per heavy atom. The second kappa shape index (κ2) is 15.2. The number of carbonyl (C=O) groups is 1. The molecule has 3 saturated heterocycles. The van der Waals surface area contributed by atoms with Crippen molar-refractivity contribution in [2.75, 3.05) is 6.61 Å². The van der Waals surface area contributed by atoms with Gasteiger partial charge in [-0.2, -0.15) is 0 Å². The monoisotopic (exact) mass is 716 g/mol. The predicted octanol–water partition coefficient (Wildman–Crippen LogP) is 8.89. The number of hydrogen-bond donors (Lipinski definition) is 2. The van der Waals surface area contributed by atoms with Crippen LogP contribution in [0.4, 0.5) is 0 Å². The lowest BCUT2D eigenvalue weighted by molar-refractivity contribution is -0.235. The second-order valence-electron chi connectivity index (χ2n) is 16.4. The van der Waals surface area contributed by atoms with Gasteiger partial charge in [-0.05, 0) is 72.7 Å². The molecule has 0 unspecified atom stereocenters. The third kappa shape index (κ3) is 7.19. The maximum Gasteiger partial charge on any atom is 0.338 e. The molecule has 8 atom stereocenters. The van der Waals surface area contributed by atoms with Crippen LogP contribution >= 0.6 is 0 Å². The van der Waals surface area contributed by atoms with Crippen LogP contribution in [-0.2, 0) is 27.5 Å². The Balaban J connectivity index is 2.23. The molecule has 3 fully saturated rings. The van der Waals surface area contributed by atoms with Crippen LogP contribution in [0.1, 0.15) is 116 Å². The number of carboxylic acids is 1. The Labute approximate surface area is 290 Å². The Hall–Kier alpha value is -0.119. The highest BCUT2D eigenvalue weighted by atomic mass is 28.4. The molecule has 0 aromatic rings. The Kier molecular flexibility index (Phi) is 13.4. The zero-order valence-electron chi connectivity index (χ0n) is 32.5. The van der Waals surface area contributed by atoms with Crippen LogP contribution in [0.3, 0.4) is 0 Å². The number of hydrogen-bond acceptors (Lipinski definition) is 7. The Bertz CT molecular complexity index is 1010. The van der Waals surface area contributed by atoms with E-state index in [-0.39, 0.29) is 24.5 Å². The molecular weight excluding hydrogens is 645 g/mol. The van der Waals surface area contributed by atoms with Gasteiger partial charge in [0.05, 0.1) is 17.8 Å². The number of ether oxygens (including phenoxy) is 2. The molecule has 0 spiro atoms. The summed E-state index contributed by atoms with van der Waals surface area (Å²) in [6.45, 7) is 32.1. The van der Waals surface area contributed by atoms with Gasteiger partial charge in [0.25, 0.3) is 0 Å². The fraction of sp³-hybridized carbons (Fsp3) is 0.972. The largest absolute Gasteiger partial charge is 0.479 e. The van der Waals surface area contributed by atoms with Crippen LogP contribution in [0, 0.1) is 5.92 Å². The van der Waals surface area contributed by atoms with Crippen LogP contribution in [0.2, 0.25) is 52.9 Å². The molecule has 276 valence electrons. The first-order valence-electron chi connectivity index (χ1n) is 19.1. The highest BCUT2D eigenvalue weighted by Crippen LogP contribution is 2.59. The summed E-state index contributed by atoms with van der Waals surface area (Å²) >= 11 is 0. The van der Waals surface area contributed by atoms with E-state index in [1.807, 2.05) is 0 Å². The quantitative estimate of drug-likeness (QED) is 0.107. The second-order valence-corrected chi connectivity index (χ2v) is 31.3. The molecule has 47 heavy (non-hydrogen) atoms. The van der Waals surface area contributed by atoms with Gasteiger partial charge in [0.2, 0.25) is 0 Å². The lowest BCUT2D eigenvalue weighted by atomic mass is 9.70. The minimum atomic E-state index is -2.21. The molecular formula is C36H72O8Si3. The van der Waals surface area contributed by atoms with Crippen molar-refractivity contribution in [2.45, 2.75) is 210 Å². The summed E-state index contributed by atoms with van der Waals surface area (Å²) in [6, 6.07) is 5.95. The fourth-order valence-electron chi connectivity index (χ4n) is 9.87. The van der Waals surface area contributed by atoms with E-state index < -0.39 is 59.9 Å². The third-order valence-corrected chi connectivity index (χ3v) is 29.0. The molecule has 8 nitrogen and oxygen atoms in total. The lowest BCUT2D eigenvalue weighted by Gasteiger charge is -2.53. The molecule has 3 heterocycles. The summed E-state index contributed by atoms with van der Waals surface area (Å²) in [6.07, 6.45) is -1.22. The third-order valence-electron chi connectivity index (χ3n) is 13.5. The van der Waals surface area contributed by atoms with Crippen molar-refractivity contribution in [3.05, 3.63) is 0 Å². The summed E-state index contributed by atoms with van der Waals surface area (Å²) in [5.74, 6) is -1.37. The van der Waals surface area contributed by atoms with Gasteiger partial charge in [-0.1, -0.05) is 90.0 Å². The highest BCUT2D eigenvalue weighted by molar-refractivity contribution is 6.77. The topological polar surface area (TPSA) is 107 Å². The number of epoxide rings is 1. The van der Waals surface area contributed by atoms with Crippen molar-refractivity contribution in [1.29, 1.82) is 0 Å². The normalized spacial score (nSPS) is 33.9. The lowest BCUT2D eigenvalue weighted by Crippen LogP contribution is -2.68. The Morgan fingerprint density at radius 1 is 0.830 bits per heavy atom. The zero-order valence-corrected chi connectivity index (χ0v) is 35.5. The molecule has 0 aromatic heterocycles. The molecule has 2 bridgehead atoms. The van der Waals surface area contributed by atoms with Gasteiger partial charge in [-0.15, -0.1) is 0 Å². The molecule has 0 radical (unpaired) electrons. The molecule has 2 N–H and O–H groups in total. The maximum absolute atomic E-state index is 12.8. The summed E-state index contributed by atoms with van der Waals surface area (Å²) < 4.78 is 35.9. The van der Waals surface area contributed by atoms with E-state index >= 15 is 0 Å². The average Bonchev–Trinajstić information content (AvgIpc) is 3.78. The van der Waals surface area contributed by atoms with Gasteiger partial charge in [0.1, 0.15) is 17.8 Å². The van der Waals surface area contributed by atoms with E-state index in [4.69, 9.17) is 22.8 Å². The molecule has 3 rings (SSSR count). The van der Waals surface area contributed by atoms with Crippen molar-refractivity contribution in [3.8, 4) is 0 Å². The van der Waals surface area contributed by atoms with E-state index in [9.17, 15) is 15.0 Å². The van der Waals surface area contributed by atoms with Crippen LogP contribution in [-0.4, -0.2) is 89.0 Å². The van der Waals surface area contributed by atoms with Crippen LogP contribution in [0.15, 0.2) is 0 Å². The van der Waals surface area contributed by atoms with E-state index in [2.05, 4.69) is 96.9 Å². The summed E-state index contributed by atoms with van der Waals surface area (Å²) in [5.41, 5.74) is -2.35. The Morgan fingerprint density at radius 2 is 1.32 bits per heavy atom. The average molecular weight is 717 g/mol. The van der Waals surface area contributed by atoms with Crippen LogP contribution in [0.25, 0.3) is 0 Å². The molecule has 0 aliphatic carbocycles. The van der Waals surface area contributed by atoms with E-state index in [0.29, 0.717) is 36.1 Å². The summed E-state index contributed by atoms with van der Waals surface area (Å²) in [5, 5.41) is 22.3. The van der Waals surface area contributed by atoms with Gasteiger partial charge >= 0.3 is 5.97 Å². The van der Waals surface area contributed by atoms with Crippen molar-refractivity contribution in [3.63, 3.8) is 0 Å². The predicted molar refractivity (Wildman–Crippen MR) is 198 cm³/mol. The van der Waals surface area contributed by atoms with E-state index in [0.717, 1.165) is 36.3 Å². The zero-order chi connectivity index (χ0) is 35.8. The number of carboxylic acid groups (broad SMARTS) is 1. The number of rotatable bonds is 18. The van der Waals surface area contributed by atoms with Gasteiger partial charge in [-0.3, -0.25) is 0 Å². The molecule has 0 amide bonds. The van der Waals surface area contributed by atoms with Crippen LogP contribution < -0.4 is 0 Å². The number of aliphatic carboxylic acids is 1. The molecule has 3 aliphatic heterocycles. The first-order valence-corrected chi connectivity index (χ1v) is 26.3. The molecule has 0 saturated carbocycles. The molecule has 11 heteroatoms. The molecule has 0 aromatic carbocycles. The first kappa shape index (κ1) is 41.3. The first-order chi connectivity index (χ1) is 21.8. The van der Waals surface area contributed by atoms with Gasteiger partial charge < -0.3 is 33.0 Å². The fourth-order valence-corrected chi connectivity index (χ4v) is 21.4. The number of aliphatic hydroxyl groups is 1. The minimum absolute atomic E-state index is 0.101. The molecule has 3 aliphatic rings. The van der Waals surface area contributed by atoms with E-state index in [1.165, 1.54) is 0 Å². The maximum atomic E-state index is 12.8. The van der Waals surface area contributed by atoms with Gasteiger partial charge in [-0.25, -0.2) is 4.79 Å². The van der Waals surface area contributed by atoms with Crippen molar-refractivity contribution < 1.29 is 37.8 Å². The van der Waals surface area contributed by atoms with Gasteiger partial charge in [0, 0.05) is 18.9 Å². The standard InChI is InChI=1S/C36H72O8Si3/c1-15-45(16-2,17-3)43-30-23-34(14,44-46(18-4,19-5)20-6)29-21-22-35(39,33(37)38)31(41-29)32-36(30,42-32)28(13)24-40-47(25(7)8,26(9)10)27(11)12/h25-32,39H,15-24H2,1-14H3,(H,37,38)/t28-,29-,30-,31-,32-,34+,35-,36+/m0/s1. The summed E-state index contributed by atoms with van der Waals surface area (Å²) in [7, 11) is -6.53. The number of fused-ring (bicyclic) bond motifs is 4. The summed E-state index contributed by atoms with van der Waals surface area (Å²) in [4.78, 5) is 12.8. The highest BCUT2D eigenvalue weighted by Gasteiger charge is 2.76. The smallest absolute Gasteiger partial charge is 0.338 e. The van der Waals surface area contributed by atoms with E-state index in [1.54, 1.807) is 0 Å². The van der Waals surface area contributed by atoms with Crippen molar-refractivity contribution in [1.82, 2.24) is 0 Å². The van der Waals surface area contributed by atoms with Crippen molar-refractivity contribution >= 4 is 30.9 Å². The van der Waals surface area contributed by atoms with Gasteiger partial charge in [0.15, 0.2) is 30.6 Å². The van der Waals surface area contributed by atoms with Crippen molar-refractivity contribution in [2.24, 2.45) is 5.92 Å². The van der Waals surface area contributed by atoms with Crippen LogP contribution in [0.5, 0.6) is 0 Å². The SMILES string of the molecule is CC[Si](CC)(CC)O[C@H]1C[C@@](C)(O[Si](CC)(CC)CC)[C@@H]2CC[C@@](O)(C(=O)O)[C@@H](O2)[C@@H]2O[C@]12[C@@H](C)CO[Si](C(C)C)(C(C)C)C(C)C.